The number of nitrogens with one attached hydrogen (secondary N) is 2. The summed E-state index contributed by atoms with van der Waals surface area (Å²) in [6.45, 7) is 5.26. The molecule has 113 heavy (non-hydrogen) atoms. The van der Waals surface area contributed by atoms with E-state index in [1.54, 1.807) is 74.5 Å². The molecule has 0 unspecified atom stereocenters. The van der Waals surface area contributed by atoms with Crippen molar-refractivity contribution in [1.29, 1.82) is 5.41 Å². The number of carbonyl (C=O) groups excluding carboxylic acids is 6. The summed E-state index contributed by atoms with van der Waals surface area (Å²) in [6.07, 6.45) is -30.3. The molecule has 1 amide bonds. The molecule has 4 aliphatic heterocycles. The zero-order valence-electron chi connectivity index (χ0n) is 62.2. The van der Waals surface area contributed by atoms with Crippen LogP contribution in [0.1, 0.15) is 83.2 Å². The second-order valence-electron chi connectivity index (χ2n) is 27.0. The molecule has 26 nitrogen and oxygen atoms in total. The summed E-state index contributed by atoms with van der Waals surface area (Å²) in [7, 11) is 0. The van der Waals surface area contributed by atoms with Gasteiger partial charge in [-0.05, 0) is 65.9 Å². The molecule has 0 saturated carbocycles. The van der Waals surface area contributed by atoms with Crippen molar-refractivity contribution in [2.24, 2.45) is 0 Å². The number of hydrogen-bond donors (Lipinski definition) is 2. The van der Waals surface area contributed by atoms with E-state index < -0.39 is 181 Å². The van der Waals surface area contributed by atoms with Gasteiger partial charge in [0.1, 0.15) is 73.5 Å². The Morgan fingerprint density at radius 2 is 0.779 bits per heavy atom. The average Bonchev–Trinajstić information content (AvgIpc) is 0.758. The predicted molar refractivity (Wildman–Crippen MR) is 408 cm³/mol. The lowest BCUT2D eigenvalue weighted by molar-refractivity contribution is -0.392. The van der Waals surface area contributed by atoms with Gasteiger partial charge in [-0.2, -0.15) is 0 Å². The SMILES string of the molecule is CC(=O)N[C@H]1[C@@H](O[C@@H]2[C@@H](OCc3ccccc3)[C@H](C)O[C@@H](OC(=N)C(Cl)(Cl)Cl)[C@@H]2OC(=O)c2ccccc2)O[C@H](COC(C)=O)[C@@H](OC(C)=O)[C@@H]1O[C@H]1O[C@H](COCc2ccccc2)[C@@H](OCc2ccccc2)[C@H](OCc2ccccc2)[C@H]1O[C@@H]1O[C@@H](C)[C@H](OCc2ccccc2)[C@@H](OC(=O)CCl)[C@H]1OC(=O)c1ccccc1. The van der Waals surface area contributed by atoms with Gasteiger partial charge in [0, 0.05) is 20.8 Å². The van der Waals surface area contributed by atoms with Crippen molar-refractivity contribution in [3.05, 3.63) is 251 Å². The smallest absolute Gasteiger partial charge is 0.338 e. The minimum Gasteiger partial charge on any atom is -0.463 e. The minimum absolute atomic E-state index is 0.0366. The first-order valence-electron chi connectivity index (χ1n) is 36.6. The highest BCUT2D eigenvalue weighted by molar-refractivity contribution is 6.76. The molecule has 0 spiro atoms. The molecule has 7 aromatic carbocycles. The van der Waals surface area contributed by atoms with Crippen LogP contribution in [0.25, 0.3) is 0 Å². The minimum atomic E-state index is -2.51. The van der Waals surface area contributed by atoms with Crippen LogP contribution in [0, 0.1) is 5.41 Å². The van der Waals surface area contributed by atoms with E-state index in [-0.39, 0.29) is 50.8 Å². The molecule has 2 N–H and O–H groups in total. The number of hydrogen-bond acceptors (Lipinski definition) is 25. The Balaban J connectivity index is 1.10. The van der Waals surface area contributed by atoms with Gasteiger partial charge in [-0.1, -0.05) is 223 Å². The third-order valence-corrected chi connectivity index (χ3v) is 19.3. The van der Waals surface area contributed by atoms with Crippen molar-refractivity contribution in [3.8, 4) is 0 Å². The van der Waals surface area contributed by atoms with Gasteiger partial charge < -0.3 is 90.6 Å². The number of ether oxygens (including phenoxy) is 18. The fourth-order valence-corrected chi connectivity index (χ4v) is 13.5. The lowest BCUT2D eigenvalue weighted by Crippen LogP contribution is -2.71. The Labute approximate surface area is 673 Å². The van der Waals surface area contributed by atoms with Crippen LogP contribution < -0.4 is 5.32 Å². The molecule has 4 aliphatic rings. The number of rotatable bonds is 33. The summed E-state index contributed by atoms with van der Waals surface area (Å²) >= 11 is 25.1. The van der Waals surface area contributed by atoms with Gasteiger partial charge in [0.15, 0.2) is 43.3 Å². The van der Waals surface area contributed by atoms with Crippen LogP contribution in [-0.4, -0.2) is 187 Å². The van der Waals surface area contributed by atoms with Crippen LogP contribution >= 0.6 is 46.4 Å². The second kappa shape index (κ2) is 41.7. The average molecular weight is 1640 g/mol. The van der Waals surface area contributed by atoms with Crippen LogP contribution in [0.2, 0.25) is 0 Å². The van der Waals surface area contributed by atoms with E-state index in [4.69, 9.17) is 137 Å². The molecule has 4 heterocycles. The van der Waals surface area contributed by atoms with Gasteiger partial charge in [0.2, 0.25) is 18.1 Å². The molecule has 11 rings (SSSR count). The van der Waals surface area contributed by atoms with Crippen molar-refractivity contribution >= 4 is 88.1 Å². The molecule has 0 aromatic heterocycles. The van der Waals surface area contributed by atoms with E-state index in [1.165, 1.54) is 31.2 Å². The summed E-state index contributed by atoms with van der Waals surface area (Å²) in [5, 5.41) is 11.7. The molecule has 4 fully saturated rings. The molecular weight excluding hydrogens is 1550 g/mol. The number of carbonyl (C=O) groups is 6. The van der Waals surface area contributed by atoms with E-state index in [2.05, 4.69) is 5.32 Å². The Kier molecular flexibility index (Phi) is 31.5. The van der Waals surface area contributed by atoms with Gasteiger partial charge in [0.25, 0.3) is 3.79 Å². The first-order valence-corrected chi connectivity index (χ1v) is 38.2. The molecule has 0 radical (unpaired) electrons. The molecule has 30 heteroatoms. The number of halogens is 4. The number of amides is 1. The van der Waals surface area contributed by atoms with Gasteiger partial charge in [0.05, 0.1) is 63.0 Å². The fraction of sp³-hybridized carbons (Fsp3) is 0.410. The molecule has 20 atom stereocenters. The normalized spacial score (nSPS) is 27.7. The van der Waals surface area contributed by atoms with E-state index in [0.717, 1.165) is 30.5 Å². The van der Waals surface area contributed by atoms with Crippen LogP contribution in [0.15, 0.2) is 212 Å². The van der Waals surface area contributed by atoms with Crippen LogP contribution in [0.3, 0.4) is 0 Å². The second-order valence-corrected chi connectivity index (χ2v) is 29.5. The molecule has 4 saturated heterocycles. The van der Waals surface area contributed by atoms with Crippen molar-refractivity contribution < 1.29 is 114 Å². The topological polar surface area (TPSA) is 304 Å². The largest absolute Gasteiger partial charge is 0.463 e. The van der Waals surface area contributed by atoms with Crippen LogP contribution in [0.5, 0.6) is 0 Å². The fourth-order valence-electron chi connectivity index (χ4n) is 13.3. The Hall–Kier alpha value is -8.49. The summed E-state index contributed by atoms with van der Waals surface area (Å²) in [4.78, 5) is 85.1. The van der Waals surface area contributed by atoms with Crippen molar-refractivity contribution in [2.75, 3.05) is 19.1 Å². The van der Waals surface area contributed by atoms with Crippen LogP contribution in [0.4, 0.5) is 0 Å². The molecule has 0 bridgehead atoms. The Bertz CT molecular complexity index is 4170. The Morgan fingerprint density at radius 1 is 0.389 bits per heavy atom. The zero-order chi connectivity index (χ0) is 80.0. The molecule has 602 valence electrons. The predicted octanol–water partition coefficient (Wildman–Crippen LogP) is 11.6. The molecule has 0 aliphatic carbocycles. The zero-order valence-corrected chi connectivity index (χ0v) is 65.2. The van der Waals surface area contributed by atoms with Gasteiger partial charge in [-0.25, -0.2) is 9.59 Å². The number of benzene rings is 7. The van der Waals surface area contributed by atoms with Gasteiger partial charge >= 0.3 is 29.8 Å². The maximum Gasteiger partial charge on any atom is 0.338 e. The highest BCUT2D eigenvalue weighted by Crippen LogP contribution is 2.42. The first kappa shape index (κ1) is 85.4. The van der Waals surface area contributed by atoms with Crippen molar-refractivity contribution in [2.45, 2.75) is 194 Å². The number of esters is 5. The standard InChI is InChI=1S/C83H88Cl4N2O24/c1-49-65(98-43-55-29-15-7-16-30-55)71(107-63(93)41-84)74(108-76(94)59-37-23-11-24-38-59)79(102-49)112-73-70(101-46-58-35-21-10-22-36-58)67(100-45-57-33-19-9-20-34-57)61(47-96-42-54-27-13-6-14-28-54)106-81(73)110-69-64(89-51(3)90)78(105-62(48-97-52(4)91)68(69)104-53(5)92)111-72-66(99-44-56-31-17-8-18-32-56)50(2)103-80(113-82(88)83(85,86)87)75(72)109-77(95)60-39-25-12-26-40-60/h6-40,49-50,61-62,64-75,78-81,88H,41-48H2,1-5H3,(H,89,90)/t49-,50-,61+,62+,64+,65-,66-,67+,68+,69+,70-,71+,72+,73+,74+,75+,78+,79-,80-,81+/m0/s1. The third kappa shape index (κ3) is 24.1. The maximum atomic E-state index is 14.9. The highest BCUT2D eigenvalue weighted by atomic mass is 35.6. The van der Waals surface area contributed by atoms with E-state index >= 15 is 0 Å². The van der Waals surface area contributed by atoms with Crippen molar-refractivity contribution in [1.82, 2.24) is 5.32 Å². The van der Waals surface area contributed by atoms with E-state index in [0.29, 0.717) is 11.1 Å². The quantitative estimate of drug-likeness (QED) is 0.0127. The summed E-state index contributed by atoms with van der Waals surface area (Å²) < 4.78 is 119. The Morgan fingerprint density at radius 3 is 1.23 bits per heavy atom. The third-order valence-electron chi connectivity index (χ3n) is 18.6. The molecular formula is C83H88Cl4N2O24. The lowest BCUT2D eigenvalue weighted by atomic mass is 9.93. The van der Waals surface area contributed by atoms with Gasteiger partial charge in [-0.3, -0.25) is 24.6 Å². The monoisotopic (exact) mass is 1640 g/mol. The summed E-state index contributed by atoms with van der Waals surface area (Å²) in [6, 6.07) is 59.8. The van der Waals surface area contributed by atoms with E-state index in [9.17, 15) is 28.8 Å². The van der Waals surface area contributed by atoms with E-state index in [1.807, 2.05) is 127 Å². The summed E-state index contributed by atoms with van der Waals surface area (Å²) in [5.74, 6) is -6.95. The van der Waals surface area contributed by atoms with Gasteiger partial charge in [-0.15, -0.1) is 11.6 Å². The highest BCUT2D eigenvalue weighted by Gasteiger charge is 2.61. The molecule has 7 aromatic rings. The summed E-state index contributed by atoms with van der Waals surface area (Å²) in [5.41, 5.74) is 3.66. The lowest BCUT2D eigenvalue weighted by Gasteiger charge is -2.52. The number of alkyl halides is 4. The van der Waals surface area contributed by atoms with Crippen molar-refractivity contribution in [3.63, 3.8) is 0 Å². The maximum absolute atomic E-state index is 14.9. The first-order chi connectivity index (χ1) is 54.6. The van der Waals surface area contributed by atoms with Crippen LogP contribution in [-0.2, 0) is 137 Å².